The standard InChI is InChI=1S/C9H6O4/c10-3-6-1-2-7(4-11)9(13)8(6)5-12/h1-5,13H. The van der Waals surface area contributed by atoms with Crippen LogP contribution in [0.3, 0.4) is 0 Å². The molecule has 0 atom stereocenters. The molecule has 0 bridgehead atoms. The highest BCUT2D eigenvalue weighted by Gasteiger charge is 2.10. The molecule has 0 radical (unpaired) electrons. The number of phenolic OH excluding ortho intramolecular Hbond substituents is 1. The van der Waals surface area contributed by atoms with Crippen molar-refractivity contribution in [3.05, 3.63) is 28.8 Å². The minimum Gasteiger partial charge on any atom is -0.506 e. The van der Waals surface area contributed by atoms with Crippen molar-refractivity contribution in [1.29, 1.82) is 0 Å². The molecule has 4 nitrogen and oxygen atoms in total. The smallest absolute Gasteiger partial charge is 0.154 e. The molecular weight excluding hydrogens is 172 g/mol. The number of rotatable bonds is 3. The van der Waals surface area contributed by atoms with E-state index in [1.165, 1.54) is 12.1 Å². The summed E-state index contributed by atoms with van der Waals surface area (Å²) >= 11 is 0. The molecular formula is C9H6O4. The highest BCUT2D eigenvalue weighted by atomic mass is 16.3. The van der Waals surface area contributed by atoms with Crippen molar-refractivity contribution in [3.8, 4) is 5.75 Å². The lowest BCUT2D eigenvalue weighted by atomic mass is 10.0. The predicted octanol–water partition coefficient (Wildman–Crippen LogP) is 0.830. The number of aldehydes is 3. The van der Waals surface area contributed by atoms with Crippen molar-refractivity contribution in [2.75, 3.05) is 0 Å². The van der Waals surface area contributed by atoms with E-state index in [-0.39, 0.29) is 16.7 Å². The number of hydrogen-bond donors (Lipinski definition) is 1. The fourth-order valence-electron chi connectivity index (χ4n) is 0.962. The minimum absolute atomic E-state index is 0.00676. The van der Waals surface area contributed by atoms with Crippen LogP contribution in [0.5, 0.6) is 5.75 Å². The normalized spacial score (nSPS) is 9.23. The second kappa shape index (κ2) is 3.62. The molecule has 0 aliphatic heterocycles. The van der Waals surface area contributed by atoms with E-state index in [2.05, 4.69) is 0 Å². The van der Waals surface area contributed by atoms with Crippen LogP contribution in [0.2, 0.25) is 0 Å². The predicted molar refractivity (Wildman–Crippen MR) is 44.3 cm³/mol. The van der Waals surface area contributed by atoms with Gasteiger partial charge in [-0.3, -0.25) is 14.4 Å². The Hall–Kier alpha value is -1.97. The summed E-state index contributed by atoms with van der Waals surface area (Å²) in [6, 6.07) is 2.58. The van der Waals surface area contributed by atoms with Gasteiger partial charge in [0.1, 0.15) is 5.75 Å². The number of aromatic hydroxyl groups is 1. The number of carbonyl (C=O) groups is 3. The first-order valence-electron chi connectivity index (χ1n) is 3.46. The van der Waals surface area contributed by atoms with E-state index < -0.39 is 5.75 Å². The van der Waals surface area contributed by atoms with Gasteiger partial charge >= 0.3 is 0 Å². The lowest BCUT2D eigenvalue weighted by Gasteiger charge is -2.01. The summed E-state index contributed by atoms with van der Waals surface area (Å²) in [6.07, 6.45) is 1.20. The van der Waals surface area contributed by atoms with Crippen LogP contribution in [0.25, 0.3) is 0 Å². The third-order valence-corrected chi connectivity index (χ3v) is 1.65. The van der Waals surface area contributed by atoms with Gasteiger partial charge in [0, 0.05) is 5.56 Å². The second-order valence-corrected chi connectivity index (χ2v) is 2.36. The lowest BCUT2D eigenvalue weighted by molar-refractivity contribution is 0.109. The summed E-state index contributed by atoms with van der Waals surface area (Å²) in [5.41, 5.74) is -0.0922. The average molecular weight is 178 g/mol. The Balaban J connectivity index is 3.48. The zero-order valence-electron chi connectivity index (χ0n) is 6.56. The van der Waals surface area contributed by atoms with E-state index in [9.17, 15) is 19.5 Å². The zero-order valence-corrected chi connectivity index (χ0v) is 6.56. The lowest BCUT2D eigenvalue weighted by Crippen LogP contribution is -1.94. The van der Waals surface area contributed by atoms with Gasteiger partial charge in [0.25, 0.3) is 0 Å². The van der Waals surface area contributed by atoms with E-state index in [1.807, 2.05) is 0 Å². The Bertz CT molecular complexity index is 368. The fourth-order valence-corrected chi connectivity index (χ4v) is 0.962. The first-order valence-corrected chi connectivity index (χ1v) is 3.46. The molecule has 0 spiro atoms. The minimum atomic E-state index is -0.449. The maximum atomic E-state index is 10.4. The van der Waals surface area contributed by atoms with Crippen molar-refractivity contribution < 1.29 is 19.5 Å². The van der Waals surface area contributed by atoms with Crippen LogP contribution >= 0.6 is 0 Å². The highest BCUT2D eigenvalue weighted by molar-refractivity contribution is 5.96. The number of phenols is 1. The van der Waals surface area contributed by atoms with Gasteiger partial charge in [0.15, 0.2) is 18.9 Å². The van der Waals surface area contributed by atoms with Crippen molar-refractivity contribution in [3.63, 3.8) is 0 Å². The Morgan fingerprint density at radius 1 is 0.923 bits per heavy atom. The van der Waals surface area contributed by atoms with Crippen molar-refractivity contribution in [2.45, 2.75) is 0 Å². The Kier molecular flexibility index (Phi) is 2.54. The summed E-state index contributed by atoms with van der Waals surface area (Å²) < 4.78 is 0. The maximum absolute atomic E-state index is 10.4. The molecule has 0 unspecified atom stereocenters. The second-order valence-electron chi connectivity index (χ2n) is 2.36. The molecule has 0 saturated heterocycles. The van der Waals surface area contributed by atoms with Gasteiger partial charge < -0.3 is 5.11 Å². The van der Waals surface area contributed by atoms with Gasteiger partial charge in [-0.25, -0.2) is 0 Å². The van der Waals surface area contributed by atoms with Crippen LogP contribution in [0.4, 0.5) is 0 Å². The van der Waals surface area contributed by atoms with Gasteiger partial charge in [0.05, 0.1) is 11.1 Å². The molecule has 0 fully saturated rings. The first kappa shape index (κ1) is 9.12. The number of hydrogen-bond acceptors (Lipinski definition) is 4. The molecule has 1 N–H and O–H groups in total. The molecule has 0 amide bonds. The maximum Gasteiger partial charge on any atom is 0.154 e. The van der Waals surface area contributed by atoms with Crippen LogP contribution in [-0.2, 0) is 0 Å². The topological polar surface area (TPSA) is 71.4 Å². The van der Waals surface area contributed by atoms with Crippen molar-refractivity contribution >= 4 is 18.9 Å². The molecule has 1 rings (SSSR count). The van der Waals surface area contributed by atoms with Gasteiger partial charge in [0.2, 0.25) is 0 Å². The van der Waals surface area contributed by atoms with Gasteiger partial charge in [-0.05, 0) is 12.1 Å². The Labute approximate surface area is 73.8 Å². The SMILES string of the molecule is O=Cc1ccc(C=O)c(C=O)c1O. The van der Waals surface area contributed by atoms with Crippen LogP contribution in [-0.4, -0.2) is 24.0 Å². The summed E-state index contributed by atoms with van der Waals surface area (Å²) in [4.78, 5) is 31.2. The van der Waals surface area contributed by atoms with Gasteiger partial charge in [-0.1, -0.05) is 0 Å². The zero-order chi connectivity index (χ0) is 9.84. The van der Waals surface area contributed by atoms with E-state index in [0.29, 0.717) is 18.9 Å². The third kappa shape index (κ3) is 1.46. The number of benzene rings is 1. The first-order chi connectivity index (χ1) is 6.24. The molecule has 0 saturated carbocycles. The average Bonchev–Trinajstić information content (AvgIpc) is 2.17. The summed E-state index contributed by atoms with van der Waals surface area (Å²) in [6.45, 7) is 0. The Morgan fingerprint density at radius 2 is 1.46 bits per heavy atom. The van der Waals surface area contributed by atoms with E-state index in [0.717, 1.165) is 0 Å². The molecule has 13 heavy (non-hydrogen) atoms. The van der Waals surface area contributed by atoms with Crippen LogP contribution < -0.4 is 0 Å². The third-order valence-electron chi connectivity index (χ3n) is 1.65. The van der Waals surface area contributed by atoms with Crippen LogP contribution in [0.1, 0.15) is 31.1 Å². The van der Waals surface area contributed by atoms with Gasteiger partial charge in [-0.15, -0.1) is 0 Å². The summed E-state index contributed by atoms with van der Waals surface area (Å²) in [7, 11) is 0. The van der Waals surface area contributed by atoms with Crippen molar-refractivity contribution in [2.24, 2.45) is 0 Å². The highest BCUT2D eigenvalue weighted by Crippen LogP contribution is 2.22. The van der Waals surface area contributed by atoms with E-state index in [1.54, 1.807) is 0 Å². The molecule has 66 valence electrons. The van der Waals surface area contributed by atoms with E-state index in [4.69, 9.17) is 0 Å². The molecule has 1 aromatic rings. The van der Waals surface area contributed by atoms with Crippen LogP contribution in [0, 0.1) is 0 Å². The molecule has 0 aromatic heterocycles. The van der Waals surface area contributed by atoms with Crippen molar-refractivity contribution in [1.82, 2.24) is 0 Å². The molecule has 0 aliphatic rings. The molecule has 0 heterocycles. The number of carbonyl (C=O) groups excluding carboxylic acids is 3. The quantitative estimate of drug-likeness (QED) is 0.696. The largest absolute Gasteiger partial charge is 0.506 e. The monoisotopic (exact) mass is 178 g/mol. The summed E-state index contributed by atoms with van der Waals surface area (Å²) in [5.74, 6) is -0.449. The van der Waals surface area contributed by atoms with Crippen LogP contribution in [0.15, 0.2) is 12.1 Å². The van der Waals surface area contributed by atoms with Gasteiger partial charge in [-0.2, -0.15) is 0 Å². The van der Waals surface area contributed by atoms with E-state index >= 15 is 0 Å². The fraction of sp³-hybridized carbons (Fsp3) is 0. The Morgan fingerprint density at radius 3 is 1.92 bits per heavy atom. The molecule has 1 aromatic carbocycles. The molecule has 0 aliphatic carbocycles. The summed E-state index contributed by atoms with van der Waals surface area (Å²) in [5, 5.41) is 9.28. The molecule has 4 heteroatoms.